The fourth-order valence-corrected chi connectivity index (χ4v) is 3.20. The zero-order valence-electron chi connectivity index (χ0n) is 14.2. The van der Waals surface area contributed by atoms with Gasteiger partial charge >= 0.3 is 12.0 Å². The third-order valence-electron chi connectivity index (χ3n) is 4.27. The molecule has 1 unspecified atom stereocenters. The van der Waals surface area contributed by atoms with E-state index in [9.17, 15) is 26.7 Å². The highest BCUT2D eigenvalue weighted by molar-refractivity contribution is 7.28. The SMILES string of the molecule is C#CCN1C(=O)C(F)(F)Oc2cc(P)c(-c3c(F)c(C)c(N)c(F)c3F)cc21. The van der Waals surface area contributed by atoms with Crippen molar-refractivity contribution in [1.82, 2.24) is 0 Å². The molecule has 2 N–H and O–H groups in total. The largest absolute Gasteiger partial charge is 0.483 e. The number of hydrogen-bond donors (Lipinski definition) is 1. The topological polar surface area (TPSA) is 55.6 Å². The molecule has 1 heterocycles. The van der Waals surface area contributed by atoms with E-state index in [1.165, 1.54) is 0 Å². The molecule has 10 heteroatoms. The van der Waals surface area contributed by atoms with Gasteiger partial charge in [0.1, 0.15) is 5.82 Å². The molecule has 0 fully saturated rings. The first-order valence-corrected chi connectivity index (χ1v) is 8.27. The number of amides is 1. The summed E-state index contributed by atoms with van der Waals surface area (Å²) in [7, 11) is 2.09. The van der Waals surface area contributed by atoms with E-state index < -0.39 is 53.0 Å². The van der Waals surface area contributed by atoms with Crippen LogP contribution in [0.15, 0.2) is 12.1 Å². The zero-order chi connectivity index (χ0) is 21.0. The van der Waals surface area contributed by atoms with E-state index in [0.29, 0.717) is 4.90 Å². The molecule has 2 aromatic carbocycles. The smallest absolute Gasteiger partial charge is 0.423 e. The maximum absolute atomic E-state index is 14.7. The Balaban J connectivity index is 2.32. The molecule has 28 heavy (non-hydrogen) atoms. The van der Waals surface area contributed by atoms with E-state index >= 15 is 0 Å². The lowest BCUT2D eigenvalue weighted by atomic mass is 9.98. The highest BCUT2D eigenvalue weighted by atomic mass is 31.0. The van der Waals surface area contributed by atoms with E-state index in [2.05, 4.69) is 19.9 Å². The van der Waals surface area contributed by atoms with E-state index in [1.54, 1.807) is 0 Å². The Morgan fingerprint density at radius 2 is 1.89 bits per heavy atom. The minimum absolute atomic E-state index is 0.0194. The molecule has 1 amide bonds. The fraction of sp³-hybridized carbons (Fsp3) is 0.167. The number of carbonyl (C=O) groups excluding carboxylic acids is 1. The molecule has 1 aliphatic heterocycles. The molecule has 2 aromatic rings. The molecule has 0 saturated heterocycles. The molecule has 0 saturated carbocycles. The molecular weight excluding hydrogens is 402 g/mol. The van der Waals surface area contributed by atoms with Gasteiger partial charge in [0.25, 0.3) is 0 Å². The fourth-order valence-electron chi connectivity index (χ4n) is 2.82. The second kappa shape index (κ2) is 6.64. The first-order valence-electron chi connectivity index (χ1n) is 7.70. The van der Waals surface area contributed by atoms with Gasteiger partial charge in [-0.1, -0.05) is 5.92 Å². The minimum Gasteiger partial charge on any atom is -0.423 e. The van der Waals surface area contributed by atoms with Crippen LogP contribution in [0.2, 0.25) is 0 Å². The maximum atomic E-state index is 14.7. The van der Waals surface area contributed by atoms with Crippen LogP contribution in [-0.4, -0.2) is 18.6 Å². The number of benzene rings is 2. The van der Waals surface area contributed by atoms with Gasteiger partial charge in [-0.25, -0.2) is 13.2 Å². The van der Waals surface area contributed by atoms with E-state index in [1.807, 2.05) is 0 Å². The van der Waals surface area contributed by atoms with E-state index in [-0.39, 0.29) is 22.1 Å². The highest BCUT2D eigenvalue weighted by Crippen LogP contribution is 2.43. The Bertz CT molecular complexity index is 1040. The summed E-state index contributed by atoms with van der Waals surface area (Å²) in [6.07, 6.45) is 0.970. The van der Waals surface area contributed by atoms with Gasteiger partial charge in [-0.15, -0.1) is 15.7 Å². The summed E-state index contributed by atoms with van der Waals surface area (Å²) in [6, 6.07) is 2.06. The Morgan fingerprint density at radius 3 is 2.50 bits per heavy atom. The van der Waals surface area contributed by atoms with Crippen molar-refractivity contribution < 1.29 is 31.5 Å². The summed E-state index contributed by atoms with van der Waals surface area (Å²) in [5, 5.41) is 0.0194. The number of terminal acetylenes is 1. The number of ether oxygens (including phenoxy) is 1. The summed E-state index contributed by atoms with van der Waals surface area (Å²) in [5.74, 6) is -4.24. The number of nitrogens with zero attached hydrogens (tertiary/aromatic N) is 1. The number of nitrogens with two attached hydrogens (primary N) is 1. The predicted molar refractivity (Wildman–Crippen MR) is 97.0 cm³/mol. The lowest BCUT2D eigenvalue weighted by Gasteiger charge is -2.33. The average Bonchev–Trinajstić information content (AvgIpc) is 2.63. The van der Waals surface area contributed by atoms with Crippen LogP contribution in [0, 0.1) is 36.7 Å². The average molecular weight is 414 g/mol. The number of alkyl halides is 2. The van der Waals surface area contributed by atoms with Gasteiger partial charge in [0.05, 0.1) is 23.5 Å². The Kier molecular flexibility index (Phi) is 4.72. The molecule has 4 nitrogen and oxygen atoms in total. The molecule has 3 rings (SSSR count). The highest BCUT2D eigenvalue weighted by Gasteiger charge is 2.50. The quantitative estimate of drug-likeness (QED) is 0.270. The number of fused-ring (bicyclic) bond motifs is 1. The number of anilines is 2. The molecule has 0 aromatic heterocycles. The number of rotatable bonds is 2. The van der Waals surface area contributed by atoms with Gasteiger partial charge in [-0.2, -0.15) is 8.78 Å². The Hall–Kier alpha value is -2.85. The third kappa shape index (κ3) is 2.85. The van der Waals surface area contributed by atoms with Gasteiger partial charge in [0.15, 0.2) is 17.4 Å². The van der Waals surface area contributed by atoms with Gasteiger partial charge in [0, 0.05) is 5.56 Å². The lowest BCUT2D eigenvalue weighted by Crippen LogP contribution is -2.51. The molecule has 0 bridgehead atoms. The van der Waals surface area contributed by atoms with Crippen molar-refractivity contribution in [3.05, 3.63) is 35.1 Å². The van der Waals surface area contributed by atoms with Crippen molar-refractivity contribution >= 4 is 31.8 Å². The van der Waals surface area contributed by atoms with Crippen molar-refractivity contribution in [2.45, 2.75) is 13.0 Å². The van der Waals surface area contributed by atoms with E-state index in [0.717, 1.165) is 19.1 Å². The van der Waals surface area contributed by atoms with Crippen LogP contribution >= 0.6 is 9.24 Å². The van der Waals surface area contributed by atoms with Crippen LogP contribution in [0.4, 0.5) is 33.3 Å². The van der Waals surface area contributed by atoms with E-state index in [4.69, 9.17) is 12.2 Å². The first-order chi connectivity index (χ1) is 13.0. The second-order valence-electron chi connectivity index (χ2n) is 5.98. The number of halogens is 5. The van der Waals surface area contributed by atoms with Gasteiger partial charge < -0.3 is 10.5 Å². The third-order valence-corrected chi connectivity index (χ3v) is 4.75. The van der Waals surface area contributed by atoms with Gasteiger partial charge in [-0.05, 0) is 29.9 Å². The molecule has 146 valence electrons. The van der Waals surface area contributed by atoms with Crippen LogP contribution in [0.3, 0.4) is 0 Å². The van der Waals surface area contributed by atoms with Gasteiger partial charge in [0.2, 0.25) is 0 Å². The van der Waals surface area contributed by atoms with Crippen molar-refractivity contribution in [1.29, 1.82) is 0 Å². The normalized spacial score (nSPS) is 15.1. The van der Waals surface area contributed by atoms with Crippen LogP contribution in [0.25, 0.3) is 11.1 Å². The van der Waals surface area contributed by atoms with Crippen LogP contribution < -0.4 is 20.7 Å². The first kappa shape index (κ1) is 19.9. The summed E-state index contributed by atoms with van der Waals surface area (Å²) >= 11 is 0. The zero-order valence-corrected chi connectivity index (χ0v) is 15.4. The summed E-state index contributed by atoms with van der Waals surface area (Å²) in [5.41, 5.74) is 3.14. The van der Waals surface area contributed by atoms with Crippen LogP contribution in [0.5, 0.6) is 5.75 Å². The molecule has 1 atom stereocenters. The molecule has 0 radical (unpaired) electrons. The van der Waals surface area contributed by atoms with Crippen molar-refractivity contribution in [3.8, 4) is 29.2 Å². The van der Waals surface area contributed by atoms with Crippen molar-refractivity contribution in [2.24, 2.45) is 0 Å². The van der Waals surface area contributed by atoms with Crippen LogP contribution in [0.1, 0.15) is 5.56 Å². The van der Waals surface area contributed by atoms with Gasteiger partial charge in [-0.3, -0.25) is 9.69 Å². The standard InChI is InChI=1S/C18H12F5N2O2P/c1-3-4-25-9-5-8(11(28)6-10(9)27-18(22,23)17(25)26)12-13(19)7(2)16(24)15(21)14(12)20/h1,5-6H,4,24,28H2,2H3. The maximum Gasteiger partial charge on any atom is 0.483 e. The summed E-state index contributed by atoms with van der Waals surface area (Å²) < 4.78 is 75.3. The number of nitrogen functional groups attached to an aromatic ring is 1. The molecule has 0 aliphatic carbocycles. The Morgan fingerprint density at radius 1 is 1.25 bits per heavy atom. The summed E-state index contributed by atoms with van der Waals surface area (Å²) in [4.78, 5) is 12.5. The lowest BCUT2D eigenvalue weighted by molar-refractivity contribution is -0.192. The second-order valence-corrected chi connectivity index (χ2v) is 6.60. The Labute approximate surface area is 158 Å². The number of carbonyl (C=O) groups is 1. The molecule has 0 spiro atoms. The summed E-state index contributed by atoms with van der Waals surface area (Å²) in [6.45, 7) is 0.621. The van der Waals surface area contributed by atoms with Crippen molar-refractivity contribution in [2.75, 3.05) is 17.2 Å². The van der Waals surface area contributed by atoms with Crippen LogP contribution in [-0.2, 0) is 4.79 Å². The monoisotopic (exact) mass is 414 g/mol. The molecule has 1 aliphatic rings. The molecular formula is C18H12F5N2O2P. The minimum atomic E-state index is -4.16. The number of hydrogen-bond acceptors (Lipinski definition) is 3. The van der Waals surface area contributed by atoms with Crippen molar-refractivity contribution in [3.63, 3.8) is 0 Å². The predicted octanol–water partition coefficient (Wildman–Crippen LogP) is 3.11.